The molecular formula is C13H22N4O2S. The fourth-order valence-corrected chi connectivity index (χ4v) is 3.64. The van der Waals surface area contributed by atoms with E-state index in [-0.39, 0.29) is 11.4 Å². The quantitative estimate of drug-likeness (QED) is 0.789. The van der Waals surface area contributed by atoms with Gasteiger partial charge in [0.1, 0.15) is 4.90 Å². The van der Waals surface area contributed by atoms with Crippen molar-refractivity contribution in [2.45, 2.75) is 30.7 Å². The van der Waals surface area contributed by atoms with Crippen molar-refractivity contribution >= 4 is 10.0 Å². The van der Waals surface area contributed by atoms with Gasteiger partial charge >= 0.3 is 0 Å². The molecule has 1 aliphatic heterocycles. The summed E-state index contributed by atoms with van der Waals surface area (Å²) < 4.78 is 27.1. The summed E-state index contributed by atoms with van der Waals surface area (Å²) in [5.41, 5.74) is 5.93. The third-order valence-electron chi connectivity index (χ3n) is 3.50. The van der Waals surface area contributed by atoms with Crippen molar-refractivity contribution in [3.8, 4) is 0 Å². The zero-order valence-corrected chi connectivity index (χ0v) is 12.4. The summed E-state index contributed by atoms with van der Waals surface area (Å²) in [5.74, 6) is 0. The maximum Gasteiger partial charge on any atom is 0.242 e. The summed E-state index contributed by atoms with van der Waals surface area (Å²) in [7, 11) is -3.52. The summed E-state index contributed by atoms with van der Waals surface area (Å²) in [6.45, 7) is 3.40. The number of rotatable bonds is 6. The van der Waals surface area contributed by atoms with Gasteiger partial charge in [0.05, 0.1) is 5.69 Å². The third-order valence-corrected chi connectivity index (χ3v) is 5.04. The summed E-state index contributed by atoms with van der Waals surface area (Å²) in [4.78, 5) is 6.48. The molecule has 7 heteroatoms. The SMILES string of the molecule is NCc1ncccc1S(=O)(=O)NCCN1CCCCC1. The molecule has 0 aromatic carbocycles. The number of sulfonamides is 1. The second-order valence-electron chi connectivity index (χ2n) is 4.95. The number of nitrogens with two attached hydrogens (primary N) is 1. The van der Waals surface area contributed by atoms with Gasteiger partial charge in [-0.2, -0.15) is 0 Å². The molecule has 0 bridgehead atoms. The molecular weight excluding hydrogens is 276 g/mol. The minimum absolute atomic E-state index is 0.114. The Morgan fingerprint density at radius 1 is 1.30 bits per heavy atom. The molecule has 112 valence electrons. The third kappa shape index (κ3) is 3.99. The van der Waals surface area contributed by atoms with Crippen LogP contribution in [0.1, 0.15) is 25.0 Å². The van der Waals surface area contributed by atoms with Crippen molar-refractivity contribution in [1.29, 1.82) is 0 Å². The molecule has 1 fully saturated rings. The monoisotopic (exact) mass is 298 g/mol. The van der Waals surface area contributed by atoms with Crippen LogP contribution in [0.5, 0.6) is 0 Å². The van der Waals surface area contributed by atoms with E-state index in [1.54, 1.807) is 18.3 Å². The van der Waals surface area contributed by atoms with Crippen LogP contribution in [-0.2, 0) is 16.6 Å². The van der Waals surface area contributed by atoms with Crippen LogP contribution in [0.2, 0.25) is 0 Å². The lowest BCUT2D eigenvalue weighted by Crippen LogP contribution is -2.37. The average Bonchev–Trinajstić information content (AvgIpc) is 2.48. The van der Waals surface area contributed by atoms with Crippen molar-refractivity contribution in [3.05, 3.63) is 24.0 Å². The van der Waals surface area contributed by atoms with Gasteiger partial charge in [-0.25, -0.2) is 13.1 Å². The summed E-state index contributed by atoms with van der Waals surface area (Å²) >= 11 is 0. The molecule has 1 aromatic rings. The Balaban J connectivity index is 1.93. The summed E-state index contributed by atoms with van der Waals surface area (Å²) in [6.07, 6.45) is 5.23. The van der Waals surface area contributed by atoms with E-state index in [0.29, 0.717) is 12.2 Å². The molecule has 0 radical (unpaired) electrons. The summed E-state index contributed by atoms with van der Waals surface area (Å²) in [6, 6.07) is 3.15. The van der Waals surface area contributed by atoms with Crippen molar-refractivity contribution in [2.75, 3.05) is 26.2 Å². The van der Waals surface area contributed by atoms with Crippen LogP contribution in [0.3, 0.4) is 0 Å². The Kier molecular flexibility index (Phi) is 5.47. The van der Waals surface area contributed by atoms with Crippen molar-refractivity contribution in [2.24, 2.45) is 5.73 Å². The number of pyridine rings is 1. The molecule has 2 rings (SSSR count). The van der Waals surface area contributed by atoms with Gasteiger partial charge in [0.15, 0.2) is 0 Å². The number of piperidine rings is 1. The second-order valence-corrected chi connectivity index (χ2v) is 6.69. The molecule has 3 N–H and O–H groups in total. The van der Waals surface area contributed by atoms with Crippen molar-refractivity contribution in [3.63, 3.8) is 0 Å². The van der Waals surface area contributed by atoms with Crippen molar-refractivity contribution < 1.29 is 8.42 Å². The highest BCUT2D eigenvalue weighted by molar-refractivity contribution is 7.89. The van der Waals surface area contributed by atoms with Gasteiger partial charge in [-0.15, -0.1) is 0 Å². The minimum atomic E-state index is -3.52. The Morgan fingerprint density at radius 3 is 2.75 bits per heavy atom. The number of hydrogen-bond acceptors (Lipinski definition) is 5. The van der Waals surface area contributed by atoms with E-state index in [4.69, 9.17) is 5.73 Å². The first kappa shape index (κ1) is 15.4. The lowest BCUT2D eigenvalue weighted by Gasteiger charge is -2.26. The van der Waals surface area contributed by atoms with Gasteiger partial charge < -0.3 is 10.6 Å². The molecule has 6 nitrogen and oxygen atoms in total. The first-order valence-electron chi connectivity index (χ1n) is 6.99. The van der Waals surface area contributed by atoms with E-state index < -0.39 is 10.0 Å². The highest BCUT2D eigenvalue weighted by Crippen LogP contribution is 2.12. The molecule has 1 saturated heterocycles. The number of aromatic nitrogens is 1. The first-order chi connectivity index (χ1) is 9.63. The van der Waals surface area contributed by atoms with E-state index in [1.807, 2.05) is 0 Å². The Hall–Kier alpha value is -1.02. The highest BCUT2D eigenvalue weighted by atomic mass is 32.2. The lowest BCUT2D eigenvalue weighted by molar-refractivity contribution is 0.233. The molecule has 0 amide bonds. The normalized spacial score (nSPS) is 17.2. The van der Waals surface area contributed by atoms with Gasteiger partial charge in [0, 0.05) is 25.8 Å². The van der Waals surface area contributed by atoms with Gasteiger partial charge in [-0.05, 0) is 38.1 Å². The van der Waals surface area contributed by atoms with Gasteiger partial charge in [-0.3, -0.25) is 4.98 Å². The average molecular weight is 298 g/mol. The van der Waals surface area contributed by atoms with Crippen LogP contribution in [0, 0.1) is 0 Å². The fraction of sp³-hybridized carbons (Fsp3) is 0.615. The molecule has 0 atom stereocenters. The minimum Gasteiger partial charge on any atom is -0.325 e. The van der Waals surface area contributed by atoms with E-state index >= 15 is 0 Å². The maximum absolute atomic E-state index is 12.2. The van der Waals surface area contributed by atoms with Crippen molar-refractivity contribution in [1.82, 2.24) is 14.6 Å². The topological polar surface area (TPSA) is 88.3 Å². The second kappa shape index (κ2) is 7.12. The molecule has 20 heavy (non-hydrogen) atoms. The fourth-order valence-electron chi connectivity index (χ4n) is 2.42. The zero-order chi connectivity index (χ0) is 14.4. The van der Waals surface area contributed by atoms with Crippen LogP contribution in [0.4, 0.5) is 0 Å². The largest absolute Gasteiger partial charge is 0.325 e. The summed E-state index contributed by atoms with van der Waals surface area (Å²) in [5, 5.41) is 0. The van der Waals surface area contributed by atoms with Gasteiger partial charge in [0.2, 0.25) is 10.0 Å². The standard InChI is InChI=1S/C13H22N4O2S/c14-11-12-13(5-4-6-15-12)20(18,19)16-7-10-17-8-2-1-3-9-17/h4-6,16H,1-3,7-11,14H2. The van der Waals surface area contributed by atoms with E-state index in [9.17, 15) is 8.42 Å². The predicted octanol–water partition coefficient (Wildman–Crippen LogP) is 0.304. The molecule has 0 saturated carbocycles. The first-order valence-corrected chi connectivity index (χ1v) is 8.48. The van der Waals surface area contributed by atoms with Crippen LogP contribution < -0.4 is 10.5 Å². The molecule has 2 heterocycles. The number of nitrogens with one attached hydrogen (secondary N) is 1. The molecule has 1 aliphatic rings. The highest BCUT2D eigenvalue weighted by Gasteiger charge is 2.18. The molecule has 0 unspecified atom stereocenters. The van der Waals surface area contributed by atoms with Crippen LogP contribution in [0.15, 0.2) is 23.2 Å². The Bertz CT molecular complexity index is 527. The van der Waals surface area contributed by atoms with E-state index in [0.717, 1.165) is 19.6 Å². The Labute approximate surface area is 120 Å². The lowest BCUT2D eigenvalue weighted by atomic mass is 10.1. The van der Waals surface area contributed by atoms with E-state index in [2.05, 4.69) is 14.6 Å². The number of nitrogens with zero attached hydrogens (tertiary/aromatic N) is 2. The van der Waals surface area contributed by atoms with Crippen LogP contribution in [-0.4, -0.2) is 44.5 Å². The number of likely N-dealkylation sites (tertiary alicyclic amines) is 1. The van der Waals surface area contributed by atoms with Gasteiger partial charge in [-0.1, -0.05) is 6.42 Å². The Morgan fingerprint density at radius 2 is 2.05 bits per heavy atom. The molecule has 0 spiro atoms. The molecule has 0 aliphatic carbocycles. The maximum atomic E-state index is 12.2. The van der Waals surface area contributed by atoms with E-state index in [1.165, 1.54) is 19.3 Å². The predicted molar refractivity (Wildman–Crippen MR) is 77.6 cm³/mol. The van der Waals surface area contributed by atoms with Crippen LogP contribution >= 0.6 is 0 Å². The zero-order valence-electron chi connectivity index (χ0n) is 11.6. The number of hydrogen-bond donors (Lipinski definition) is 2. The smallest absolute Gasteiger partial charge is 0.242 e. The van der Waals surface area contributed by atoms with Crippen LogP contribution in [0.25, 0.3) is 0 Å². The van der Waals surface area contributed by atoms with Gasteiger partial charge in [0.25, 0.3) is 0 Å². The molecule has 1 aromatic heterocycles.